The minimum atomic E-state index is -0.570. The lowest BCUT2D eigenvalue weighted by molar-refractivity contribution is 0.230. The zero-order valence-electron chi connectivity index (χ0n) is 9.28. The van der Waals surface area contributed by atoms with Crippen LogP contribution in [-0.4, -0.2) is 11.7 Å². The van der Waals surface area contributed by atoms with Gasteiger partial charge in [0, 0.05) is 11.6 Å². The SMILES string of the molecule is NC(=O)N/N=C1/CC2C=CC1C21CCCC1. The van der Waals surface area contributed by atoms with Gasteiger partial charge in [0.05, 0.1) is 0 Å². The maximum absolute atomic E-state index is 10.7. The smallest absolute Gasteiger partial charge is 0.332 e. The Morgan fingerprint density at radius 2 is 2.19 bits per heavy atom. The number of nitrogens with two attached hydrogens (primary N) is 1. The number of amides is 2. The van der Waals surface area contributed by atoms with E-state index in [1.54, 1.807) is 0 Å². The summed E-state index contributed by atoms with van der Waals surface area (Å²) in [4.78, 5) is 10.7. The van der Waals surface area contributed by atoms with Crippen LogP contribution < -0.4 is 11.2 Å². The number of carbonyl (C=O) groups is 1. The van der Waals surface area contributed by atoms with Crippen LogP contribution in [0.3, 0.4) is 0 Å². The normalized spacial score (nSPS) is 36.4. The molecule has 4 nitrogen and oxygen atoms in total. The monoisotopic (exact) mass is 219 g/mol. The van der Waals surface area contributed by atoms with Crippen LogP contribution >= 0.6 is 0 Å². The van der Waals surface area contributed by atoms with E-state index in [-0.39, 0.29) is 0 Å². The molecule has 2 fully saturated rings. The van der Waals surface area contributed by atoms with E-state index in [1.807, 2.05) is 0 Å². The topological polar surface area (TPSA) is 67.5 Å². The zero-order valence-corrected chi connectivity index (χ0v) is 9.28. The van der Waals surface area contributed by atoms with Crippen molar-refractivity contribution >= 4 is 11.7 Å². The van der Waals surface area contributed by atoms with Gasteiger partial charge in [-0.1, -0.05) is 25.0 Å². The molecule has 0 aromatic rings. The second kappa shape index (κ2) is 3.34. The molecule has 3 N–H and O–H groups in total. The lowest BCUT2D eigenvalue weighted by Crippen LogP contribution is -2.28. The summed E-state index contributed by atoms with van der Waals surface area (Å²) in [5, 5.41) is 4.17. The number of carbonyl (C=O) groups excluding carboxylic acids is 1. The highest BCUT2D eigenvalue weighted by Gasteiger charge is 2.55. The molecule has 0 aromatic heterocycles. The predicted molar refractivity (Wildman–Crippen MR) is 61.8 cm³/mol. The van der Waals surface area contributed by atoms with Gasteiger partial charge < -0.3 is 5.73 Å². The first-order chi connectivity index (χ1) is 7.72. The Balaban J connectivity index is 1.84. The Labute approximate surface area is 95.0 Å². The van der Waals surface area contributed by atoms with Crippen molar-refractivity contribution in [1.29, 1.82) is 0 Å². The summed E-state index contributed by atoms with van der Waals surface area (Å²) < 4.78 is 0. The molecular formula is C12H17N3O. The Kier molecular flexibility index (Phi) is 2.06. The highest BCUT2D eigenvalue weighted by atomic mass is 16.2. The number of nitrogens with zero attached hydrogens (tertiary/aromatic N) is 1. The van der Waals surface area contributed by atoms with Crippen molar-refractivity contribution in [3.8, 4) is 0 Å². The molecular weight excluding hydrogens is 202 g/mol. The number of hydrogen-bond donors (Lipinski definition) is 2. The molecule has 0 aromatic carbocycles. The number of primary amides is 1. The van der Waals surface area contributed by atoms with E-state index in [1.165, 1.54) is 25.7 Å². The van der Waals surface area contributed by atoms with E-state index in [9.17, 15) is 4.79 Å². The van der Waals surface area contributed by atoms with E-state index in [0.29, 0.717) is 17.3 Å². The number of nitrogens with one attached hydrogen (secondary N) is 1. The van der Waals surface area contributed by atoms with Crippen LogP contribution in [0.5, 0.6) is 0 Å². The molecule has 3 aliphatic carbocycles. The average molecular weight is 219 g/mol. The fourth-order valence-electron chi connectivity index (χ4n) is 3.88. The third kappa shape index (κ3) is 1.22. The molecule has 2 bridgehead atoms. The summed E-state index contributed by atoms with van der Waals surface area (Å²) in [5.74, 6) is 1.10. The molecule has 2 saturated carbocycles. The van der Waals surface area contributed by atoms with Crippen LogP contribution in [0.25, 0.3) is 0 Å². The van der Waals surface area contributed by atoms with E-state index < -0.39 is 6.03 Å². The number of hydrazone groups is 1. The molecule has 0 saturated heterocycles. The van der Waals surface area contributed by atoms with Gasteiger partial charge in [0.25, 0.3) is 0 Å². The molecule has 4 heteroatoms. The Hall–Kier alpha value is -1.32. The number of urea groups is 1. The molecule has 3 aliphatic rings. The summed E-state index contributed by atoms with van der Waals surface area (Å²) in [6.07, 6.45) is 10.9. The van der Waals surface area contributed by atoms with Gasteiger partial charge >= 0.3 is 6.03 Å². The fourth-order valence-corrected chi connectivity index (χ4v) is 3.88. The molecule has 3 rings (SSSR count). The van der Waals surface area contributed by atoms with Gasteiger partial charge in [-0.2, -0.15) is 5.10 Å². The minimum absolute atomic E-state index is 0.443. The molecule has 2 unspecified atom stereocenters. The van der Waals surface area contributed by atoms with Crippen molar-refractivity contribution in [2.24, 2.45) is 28.1 Å². The van der Waals surface area contributed by atoms with Gasteiger partial charge in [-0.25, -0.2) is 10.2 Å². The van der Waals surface area contributed by atoms with Crippen molar-refractivity contribution in [3.05, 3.63) is 12.2 Å². The zero-order chi connectivity index (χ0) is 11.2. The van der Waals surface area contributed by atoms with Gasteiger partial charge in [0.2, 0.25) is 0 Å². The molecule has 0 heterocycles. The van der Waals surface area contributed by atoms with Crippen LogP contribution in [0.4, 0.5) is 4.79 Å². The lowest BCUT2D eigenvalue weighted by Gasteiger charge is -2.28. The summed E-state index contributed by atoms with van der Waals surface area (Å²) in [7, 11) is 0. The number of allylic oxidation sites excluding steroid dienone is 2. The first-order valence-corrected chi connectivity index (χ1v) is 6.02. The maximum atomic E-state index is 10.7. The number of hydrogen-bond acceptors (Lipinski definition) is 2. The molecule has 0 radical (unpaired) electrons. The van der Waals surface area contributed by atoms with Crippen molar-refractivity contribution in [3.63, 3.8) is 0 Å². The lowest BCUT2D eigenvalue weighted by atomic mass is 9.75. The highest BCUT2D eigenvalue weighted by molar-refractivity contribution is 5.94. The van der Waals surface area contributed by atoms with E-state index in [0.717, 1.165) is 12.1 Å². The van der Waals surface area contributed by atoms with Crippen molar-refractivity contribution < 1.29 is 4.79 Å². The van der Waals surface area contributed by atoms with Gasteiger partial charge in [0.15, 0.2) is 0 Å². The quantitative estimate of drug-likeness (QED) is 0.512. The summed E-state index contributed by atoms with van der Waals surface area (Å²) in [5.41, 5.74) is 8.97. The molecule has 0 aliphatic heterocycles. The van der Waals surface area contributed by atoms with Crippen LogP contribution in [0, 0.1) is 17.3 Å². The van der Waals surface area contributed by atoms with Crippen LogP contribution in [0.2, 0.25) is 0 Å². The largest absolute Gasteiger partial charge is 0.350 e. The van der Waals surface area contributed by atoms with Gasteiger partial charge in [0.1, 0.15) is 0 Å². The van der Waals surface area contributed by atoms with Gasteiger partial charge in [-0.05, 0) is 30.6 Å². The molecule has 2 amide bonds. The molecule has 2 atom stereocenters. The summed E-state index contributed by atoms with van der Waals surface area (Å²) >= 11 is 0. The van der Waals surface area contributed by atoms with Crippen LogP contribution in [0.1, 0.15) is 32.1 Å². The first-order valence-electron chi connectivity index (χ1n) is 6.02. The standard InChI is InChI=1S/C12H17N3O/c13-11(16)15-14-10-7-8-3-4-9(10)12(8)5-1-2-6-12/h3-4,8-9H,1-2,5-7H2,(H3,13,15,16)/b14-10-. The predicted octanol–water partition coefficient (Wildman–Crippen LogP) is 1.78. The highest BCUT2D eigenvalue weighted by Crippen LogP contribution is 2.60. The molecule has 1 spiro atoms. The second-order valence-corrected chi connectivity index (χ2v) is 5.19. The van der Waals surface area contributed by atoms with Gasteiger partial charge in [-0.3, -0.25) is 0 Å². The maximum Gasteiger partial charge on any atom is 0.332 e. The summed E-state index contributed by atoms with van der Waals surface area (Å²) in [6, 6.07) is -0.570. The summed E-state index contributed by atoms with van der Waals surface area (Å²) in [6.45, 7) is 0. The third-order valence-electron chi connectivity index (χ3n) is 4.53. The van der Waals surface area contributed by atoms with Crippen molar-refractivity contribution in [1.82, 2.24) is 5.43 Å². The number of rotatable bonds is 1. The third-order valence-corrected chi connectivity index (χ3v) is 4.53. The van der Waals surface area contributed by atoms with Crippen LogP contribution in [-0.2, 0) is 0 Å². The van der Waals surface area contributed by atoms with E-state index >= 15 is 0 Å². The second-order valence-electron chi connectivity index (χ2n) is 5.19. The van der Waals surface area contributed by atoms with Crippen molar-refractivity contribution in [2.75, 3.05) is 0 Å². The average Bonchev–Trinajstić information content (AvgIpc) is 2.94. The Bertz CT molecular complexity index is 380. The first kappa shape index (κ1) is 9.87. The van der Waals surface area contributed by atoms with E-state index in [4.69, 9.17) is 5.73 Å². The minimum Gasteiger partial charge on any atom is -0.350 e. The molecule has 86 valence electrons. The molecule has 16 heavy (non-hydrogen) atoms. The van der Waals surface area contributed by atoms with Gasteiger partial charge in [-0.15, -0.1) is 0 Å². The Morgan fingerprint density at radius 1 is 1.44 bits per heavy atom. The van der Waals surface area contributed by atoms with Crippen molar-refractivity contribution in [2.45, 2.75) is 32.1 Å². The Morgan fingerprint density at radius 3 is 2.88 bits per heavy atom. The fraction of sp³-hybridized carbons (Fsp3) is 0.667. The van der Waals surface area contributed by atoms with Crippen LogP contribution in [0.15, 0.2) is 17.3 Å². The van der Waals surface area contributed by atoms with E-state index in [2.05, 4.69) is 22.7 Å².